The van der Waals surface area contributed by atoms with Crippen LogP contribution in [0.1, 0.15) is 24.8 Å². The number of methoxy groups -OCH3 is 1. The van der Waals surface area contributed by atoms with Crippen molar-refractivity contribution >= 4 is 17.6 Å². The molecule has 0 unspecified atom stereocenters. The molecule has 4 nitrogen and oxygen atoms in total. The summed E-state index contributed by atoms with van der Waals surface area (Å²) < 4.78 is 4.93. The lowest BCUT2D eigenvalue weighted by molar-refractivity contribution is 0.193. The lowest BCUT2D eigenvalue weighted by atomic mass is 9.96. The monoisotopic (exact) mass is 296 g/mol. The number of carbonyl (C=O) groups excluding carboxylic acids is 1. The highest BCUT2D eigenvalue weighted by Crippen LogP contribution is 2.47. The standard InChI is InChI=1S/C15H21ClN2O2/c1-20-10-2-9-17-14(19)18-11-15(7-8-15)12-3-5-13(16)6-4-12/h3-6H,2,7-11H2,1H3,(H2,17,18,19). The highest BCUT2D eigenvalue weighted by molar-refractivity contribution is 6.30. The second kappa shape index (κ2) is 6.95. The molecule has 1 aromatic rings. The molecule has 2 rings (SSSR count). The molecule has 0 heterocycles. The fraction of sp³-hybridized carbons (Fsp3) is 0.533. The predicted octanol–water partition coefficient (Wildman–Crippen LogP) is 2.71. The summed E-state index contributed by atoms with van der Waals surface area (Å²) in [6, 6.07) is 7.80. The van der Waals surface area contributed by atoms with Crippen molar-refractivity contribution in [2.75, 3.05) is 26.8 Å². The molecule has 1 aromatic carbocycles. The number of ether oxygens (including phenoxy) is 1. The maximum Gasteiger partial charge on any atom is 0.314 e. The van der Waals surface area contributed by atoms with Gasteiger partial charge in [0.1, 0.15) is 0 Å². The average Bonchev–Trinajstić information content (AvgIpc) is 3.23. The Morgan fingerprint density at radius 2 is 2.00 bits per heavy atom. The van der Waals surface area contributed by atoms with Crippen molar-refractivity contribution in [1.82, 2.24) is 10.6 Å². The number of hydrogen-bond donors (Lipinski definition) is 2. The van der Waals surface area contributed by atoms with Gasteiger partial charge in [-0.05, 0) is 37.0 Å². The minimum atomic E-state index is -0.110. The summed E-state index contributed by atoms with van der Waals surface area (Å²) in [7, 11) is 1.66. The topological polar surface area (TPSA) is 50.4 Å². The first kappa shape index (κ1) is 15.1. The summed E-state index contributed by atoms with van der Waals surface area (Å²) in [6.07, 6.45) is 3.05. The van der Waals surface area contributed by atoms with Crippen LogP contribution < -0.4 is 10.6 Å². The Labute approximate surface area is 124 Å². The molecule has 1 saturated carbocycles. The van der Waals surface area contributed by atoms with Crippen LogP contribution in [0.4, 0.5) is 4.79 Å². The highest BCUT2D eigenvalue weighted by Gasteiger charge is 2.44. The van der Waals surface area contributed by atoms with Crippen molar-refractivity contribution in [3.05, 3.63) is 34.9 Å². The summed E-state index contributed by atoms with van der Waals surface area (Å²) in [6.45, 7) is 1.97. The molecule has 5 heteroatoms. The fourth-order valence-corrected chi connectivity index (χ4v) is 2.38. The Morgan fingerprint density at radius 3 is 2.60 bits per heavy atom. The number of urea groups is 1. The van der Waals surface area contributed by atoms with E-state index >= 15 is 0 Å². The van der Waals surface area contributed by atoms with E-state index in [0.29, 0.717) is 19.7 Å². The van der Waals surface area contributed by atoms with Gasteiger partial charge in [0.05, 0.1) is 0 Å². The molecule has 2 N–H and O–H groups in total. The van der Waals surface area contributed by atoms with Crippen molar-refractivity contribution in [1.29, 1.82) is 0 Å². The lowest BCUT2D eigenvalue weighted by Gasteiger charge is -2.17. The number of nitrogens with one attached hydrogen (secondary N) is 2. The van der Waals surface area contributed by atoms with Gasteiger partial charge in [0.2, 0.25) is 0 Å². The van der Waals surface area contributed by atoms with Gasteiger partial charge in [0.25, 0.3) is 0 Å². The normalized spacial score (nSPS) is 15.7. The van der Waals surface area contributed by atoms with E-state index in [1.807, 2.05) is 24.3 Å². The predicted molar refractivity (Wildman–Crippen MR) is 80.3 cm³/mol. The molecule has 0 saturated heterocycles. The van der Waals surface area contributed by atoms with Crippen LogP contribution in [-0.2, 0) is 10.2 Å². The number of benzene rings is 1. The van der Waals surface area contributed by atoms with Crippen molar-refractivity contribution in [2.24, 2.45) is 0 Å². The molecular formula is C15H21ClN2O2. The molecule has 1 aliphatic carbocycles. The molecule has 2 amide bonds. The van der Waals surface area contributed by atoms with E-state index in [2.05, 4.69) is 10.6 Å². The smallest absolute Gasteiger partial charge is 0.314 e. The average molecular weight is 297 g/mol. The van der Waals surface area contributed by atoms with Gasteiger partial charge in [0.15, 0.2) is 0 Å². The Kier molecular flexibility index (Phi) is 5.26. The van der Waals surface area contributed by atoms with Crippen molar-refractivity contribution < 1.29 is 9.53 Å². The third kappa shape index (κ3) is 4.12. The molecule has 1 aliphatic rings. The molecule has 0 bridgehead atoms. The van der Waals surface area contributed by atoms with Gasteiger partial charge in [0, 0.05) is 37.2 Å². The van der Waals surface area contributed by atoms with Gasteiger partial charge < -0.3 is 15.4 Å². The summed E-state index contributed by atoms with van der Waals surface area (Å²) in [5.74, 6) is 0. The molecule has 1 fully saturated rings. The Morgan fingerprint density at radius 1 is 1.30 bits per heavy atom. The van der Waals surface area contributed by atoms with Gasteiger partial charge in [-0.3, -0.25) is 0 Å². The molecule has 0 aromatic heterocycles. The zero-order valence-corrected chi connectivity index (χ0v) is 12.5. The number of carbonyl (C=O) groups is 1. The van der Waals surface area contributed by atoms with Gasteiger partial charge in [-0.2, -0.15) is 0 Å². The van der Waals surface area contributed by atoms with Crippen LogP contribution in [0.25, 0.3) is 0 Å². The summed E-state index contributed by atoms with van der Waals surface area (Å²) >= 11 is 5.90. The van der Waals surface area contributed by atoms with Crippen LogP contribution in [-0.4, -0.2) is 32.8 Å². The number of rotatable bonds is 7. The SMILES string of the molecule is COCCCNC(=O)NCC1(c2ccc(Cl)cc2)CC1. The van der Waals surface area contributed by atoms with Crippen molar-refractivity contribution in [3.63, 3.8) is 0 Å². The fourth-order valence-electron chi connectivity index (χ4n) is 2.25. The van der Waals surface area contributed by atoms with E-state index < -0.39 is 0 Å². The summed E-state index contributed by atoms with van der Waals surface area (Å²) in [5, 5.41) is 6.52. The van der Waals surface area contributed by atoms with Crippen LogP contribution in [0.15, 0.2) is 24.3 Å². The van der Waals surface area contributed by atoms with Crippen molar-refractivity contribution in [3.8, 4) is 0 Å². The third-order valence-electron chi connectivity index (χ3n) is 3.71. The van der Waals surface area contributed by atoms with E-state index in [9.17, 15) is 4.79 Å². The highest BCUT2D eigenvalue weighted by atomic mass is 35.5. The van der Waals surface area contributed by atoms with Gasteiger partial charge >= 0.3 is 6.03 Å². The van der Waals surface area contributed by atoms with E-state index in [1.54, 1.807) is 7.11 Å². The van der Waals surface area contributed by atoms with E-state index in [-0.39, 0.29) is 11.4 Å². The Hall–Kier alpha value is -1.26. The summed E-state index contributed by atoms with van der Waals surface area (Å²) in [4.78, 5) is 11.7. The lowest BCUT2D eigenvalue weighted by Crippen LogP contribution is -2.40. The van der Waals surface area contributed by atoms with Crippen LogP contribution in [0.2, 0.25) is 5.02 Å². The van der Waals surface area contributed by atoms with Crippen LogP contribution in [0.5, 0.6) is 0 Å². The molecular weight excluding hydrogens is 276 g/mol. The molecule has 110 valence electrons. The van der Waals surface area contributed by atoms with Crippen LogP contribution in [0.3, 0.4) is 0 Å². The molecule has 0 radical (unpaired) electrons. The van der Waals surface area contributed by atoms with Crippen LogP contribution in [0, 0.1) is 0 Å². The quantitative estimate of drug-likeness (QED) is 0.760. The molecule has 0 atom stereocenters. The molecule has 0 aliphatic heterocycles. The Balaban J connectivity index is 1.76. The second-order valence-corrected chi connectivity index (χ2v) is 5.68. The maximum atomic E-state index is 11.7. The number of amides is 2. The zero-order valence-electron chi connectivity index (χ0n) is 11.7. The van der Waals surface area contributed by atoms with Crippen molar-refractivity contribution in [2.45, 2.75) is 24.7 Å². The van der Waals surface area contributed by atoms with E-state index in [1.165, 1.54) is 5.56 Å². The largest absolute Gasteiger partial charge is 0.385 e. The zero-order chi connectivity index (χ0) is 14.4. The van der Waals surface area contributed by atoms with Gasteiger partial charge in [-0.1, -0.05) is 23.7 Å². The number of halogens is 1. The molecule has 0 spiro atoms. The minimum absolute atomic E-state index is 0.106. The number of hydrogen-bond acceptors (Lipinski definition) is 2. The van der Waals surface area contributed by atoms with Crippen LogP contribution >= 0.6 is 11.6 Å². The first-order valence-electron chi connectivity index (χ1n) is 6.93. The van der Waals surface area contributed by atoms with Gasteiger partial charge in [-0.25, -0.2) is 4.79 Å². The Bertz CT molecular complexity index is 444. The minimum Gasteiger partial charge on any atom is -0.385 e. The van der Waals surface area contributed by atoms with E-state index in [4.69, 9.17) is 16.3 Å². The summed E-state index contributed by atoms with van der Waals surface area (Å²) in [5.41, 5.74) is 1.36. The van der Waals surface area contributed by atoms with E-state index in [0.717, 1.165) is 24.3 Å². The van der Waals surface area contributed by atoms with Gasteiger partial charge in [-0.15, -0.1) is 0 Å². The maximum absolute atomic E-state index is 11.7. The second-order valence-electron chi connectivity index (χ2n) is 5.24. The first-order chi connectivity index (χ1) is 9.66. The molecule has 20 heavy (non-hydrogen) atoms. The third-order valence-corrected chi connectivity index (χ3v) is 3.96. The first-order valence-corrected chi connectivity index (χ1v) is 7.31.